The van der Waals surface area contributed by atoms with E-state index in [1.807, 2.05) is 6.92 Å². The first-order valence-corrected chi connectivity index (χ1v) is 5.45. The van der Waals surface area contributed by atoms with Gasteiger partial charge in [0.25, 0.3) is 5.91 Å². The molecule has 0 saturated heterocycles. The number of carbonyl (C=O) groups excluding carboxylic acids is 1. The van der Waals surface area contributed by atoms with Crippen molar-refractivity contribution in [3.63, 3.8) is 0 Å². The number of hydrogen-bond acceptors (Lipinski definition) is 5. The van der Waals surface area contributed by atoms with Gasteiger partial charge >= 0.3 is 0 Å². The summed E-state index contributed by atoms with van der Waals surface area (Å²) in [6.07, 6.45) is 1.50. The predicted octanol–water partition coefficient (Wildman–Crippen LogP) is 1.83. The molecule has 0 aromatic carbocycles. The molecule has 6 nitrogen and oxygen atoms in total. The Morgan fingerprint density at radius 3 is 2.67 bits per heavy atom. The molecule has 18 heavy (non-hydrogen) atoms. The highest BCUT2D eigenvalue weighted by Gasteiger charge is 2.16. The second kappa shape index (κ2) is 4.48. The summed E-state index contributed by atoms with van der Waals surface area (Å²) >= 11 is 0. The van der Waals surface area contributed by atoms with Gasteiger partial charge in [-0.3, -0.25) is 4.79 Å². The van der Waals surface area contributed by atoms with Crippen molar-refractivity contribution in [1.29, 1.82) is 0 Å². The van der Waals surface area contributed by atoms with Crippen LogP contribution in [0.4, 0.5) is 11.5 Å². The van der Waals surface area contributed by atoms with Gasteiger partial charge in [0, 0.05) is 6.92 Å². The summed E-state index contributed by atoms with van der Waals surface area (Å²) in [5, 5.41) is 2.64. The summed E-state index contributed by atoms with van der Waals surface area (Å²) < 4.78 is 5.23. The van der Waals surface area contributed by atoms with Crippen molar-refractivity contribution in [1.82, 2.24) is 9.97 Å². The van der Waals surface area contributed by atoms with Crippen molar-refractivity contribution >= 4 is 17.4 Å². The van der Waals surface area contributed by atoms with Crippen LogP contribution in [-0.4, -0.2) is 15.9 Å². The number of nitrogen functional groups attached to an aromatic ring is 1. The maximum atomic E-state index is 11.9. The fourth-order valence-electron chi connectivity index (χ4n) is 1.55. The number of nitrogens with two attached hydrogens (primary N) is 1. The summed E-state index contributed by atoms with van der Waals surface area (Å²) in [5.74, 6) is 0.716. The van der Waals surface area contributed by atoms with E-state index in [0.717, 1.165) is 5.56 Å². The molecule has 0 unspecified atom stereocenters. The van der Waals surface area contributed by atoms with Crippen LogP contribution in [0.1, 0.15) is 27.7 Å². The van der Waals surface area contributed by atoms with E-state index in [2.05, 4.69) is 15.3 Å². The number of aryl methyl sites for hydroxylation is 3. The summed E-state index contributed by atoms with van der Waals surface area (Å²) in [5.41, 5.74) is 7.64. The van der Waals surface area contributed by atoms with Crippen LogP contribution in [0.25, 0.3) is 0 Å². The average molecular weight is 246 g/mol. The number of amides is 1. The van der Waals surface area contributed by atoms with E-state index in [0.29, 0.717) is 23.1 Å². The largest absolute Gasteiger partial charge is 0.436 e. The van der Waals surface area contributed by atoms with Crippen LogP contribution in [0, 0.1) is 20.8 Å². The van der Waals surface area contributed by atoms with Gasteiger partial charge in [-0.15, -0.1) is 0 Å². The molecular formula is C12H14N4O2. The summed E-state index contributed by atoms with van der Waals surface area (Å²) in [4.78, 5) is 20.0. The third-order valence-corrected chi connectivity index (χ3v) is 2.50. The lowest BCUT2D eigenvalue weighted by atomic mass is 10.2. The van der Waals surface area contributed by atoms with Crippen LogP contribution in [0.15, 0.2) is 16.7 Å². The molecule has 0 aliphatic heterocycles. The van der Waals surface area contributed by atoms with Crippen LogP contribution in [0.2, 0.25) is 0 Å². The first-order valence-electron chi connectivity index (χ1n) is 5.45. The zero-order valence-electron chi connectivity index (χ0n) is 10.4. The Kier molecular flexibility index (Phi) is 3.01. The second-order valence-corrected chi connectivity index (χ2v) is 4.03. The minimum atomic E-state index is -0.371. The van der Waals surface area contributed by atoms with Crippen molar-refractivity contribution in [3.8, 4) is 0 Å². The maximum absolute atomic E-state index is 11.9. The van der Waals surface area contributed by atoms with E-state index in [1.54, 1.807) is 19.9 Å². The van der Waals surface area contributed by atoms with Gasteiger partial charge in [0.1, 0.15) is 5.82 Å². The van der Waals surface area contributed by atoms with Gasteiger partial charge in [-0.1, -0.05) is 0 Å². The third kappa shape index (κ3) is 2.32. The lowest BCUT2D eigenvalue weighted by Crippen LogP contribution is -2.13. The van der Waals surface area contributed by atoms with Crippen LogP contribution in [0.5, 0.6) is 0 Å². The minimum absolute atomic E-state index is 0.198. The summed E-state index contributed by atoms with van der Waals surface area (Å²) in [6, 6.07) is 1.70. The molecule has 2 aromatic rings. The van der Waals surface area contributed by atoms with Crippen LogP contribution in [-0.2, 0) is 0 Å². The van der Waals surface area contributed by atoms with E-state index in [-0.39, 0.29) is 11.7 Å². The molecule has 2 rings (SSSR count). The monoisotopic (exact) mass is 246 g/mol. The highest BCUT2D eigenvalue weighted by atomic mass is 16.4. The second-order valence-electron chi connectivity index (χ2n) is 4.03. The SMILES string of the molecule is Cc1nc(C)c(C(=O)Nc2cc(C)c(N)cn2)o1. The van der Waals surface area contributed by atoms with E-state index in [9.17, 15) is 4.79 Å². The Labute approximate surface area is 104 Å². The third-order valence-electron chi connectivity index (χ3n) is 2.50. The number of rotatable bonds is 2. The fourth-order valence-corrected chi connectivity index (χ4v) is 1.55. The summed E-state index contributed by atoms with van der Waals surface area (Å²) in [7, 11) is 0. The Bertz CT molecular complexity index is 604. The van der Waals surface area contributed by atoms with Crippen LogP contribution >= 0.6 is 0 Å². The molecule has 0 aliphatic rings. The molecule has 0 fully saturated rings. The Morgan fingerprint density at radius 2 is 2.11 bits per heavy atom. The lowest BCUT2D eigenvalue weighted by Gasteiger charge is -2.05. The fraction of sp³-hybridized carbons (Fsp3) is 0.250. The van der Waals surface area contributed by atoms with Crippen molar-refractivity contribution in [2.75, 3.05) is 11.1 Å². The molecule has 1 amide bonds. The van der Waals surface area contributed by atoms with Gasteiger partial charge in [0.15, 0.2) is 5.89 Å². The molecule has 0 aliphatic carbocycles. The van der Waals surface area contributed by atoms with Gasteiger partial charge in [0.2, 0.25) is 5.76 Å². The lowest BCUT2D eigenvalue weighted by molar-refractivity contribution is 0.0994. The highest BCUT2D eigenvalue weighted by Crippen LogP contribution is 2.15. The molecule has 6 heteroatoms. The van der Waals surface area contributed by atoms with E-state index < -0.39 is 0 Å². The molecule has 0 spiro atoms. The molecule has 0 bridgehead atoms. The molecule has 94 valence electrons. The number of pyridine rings is 1. The number of nitrogens with zero attached hydrogens (tertiary/aromatic N) is 2. The van der Waals surface area contributed by atoms with Crippen molar-refractivity contribution in [3.05, 3.63) is 35.2 Å². The Balaban J connectivity index is 2.21. The summed E-state index contributed by atoms with van der Waals surface area (Å²) in [6.45, 7) is 5.25. The highest BCUT2D eigenvalue weighted by molar-refractivity contribution is 6.02. The van der Waals surface area contributed by atoms with Gasteiger partial charge in [-0.05, 0) is 25.5 Å². The normalized spacial score (nSPS) is 10.4. The van der Waals surface area contributed by atoms with Crippen LogP contribution < -0.4 is 11.1 Å². The molecule has 0 saturated carbocycles. The Hall–Kier alpha value is -2.37. The van der Waals surface area contributed by atoms with Crippen LogP contribution in [0.3, 0.4) is 0 Å². The topological polar surface area (TPSA) is 94.0 Å². The van der Waals surface area contributed by atoms with Gasteiger partial charge < -0.3 is 15.5 Å². The molecule has 2 aromatic heterocycles. The van der Waals surface area contributed by atoms with Gasteiger partial charge in [-0.25, -0.2) is 9.97 Å². The first-order chi connectivity index (χ1) is 8.47. The van der Waals surface area contributed by atoms with Crippen molar-refractivity contribution in [2.45, 2.75) is 20.8 Å². The van der Waals surface area contributed by atoms with Gasteiger partial charge in [-0.2, -0.15) is 0 Å². The zero-order chi connectivity index (χ0) is 13.3. The predicted molar refractivity (Wildman–Crippen MR) is 67.3 cm³/mol. The maximum Gasteiger partial charge on any atom is 0.294 e. The van der Waals surface area contributed by atoms with E-state index >= 15 is 0 Å². The number of aromatic nitrogens is 2. The molecular weight excluding hydrogens is 232 g/mol. The number of oxazole rings is 1. The number of hydrogen-bond donors (Lipinski definition) is 2. The van der Waals surface area contributed by atoms with E-state index in [4.69, 9.17) is 10.2 Å². The quantitative estimate of drug-likeness (QED) is 0.843. The van der Waals surface area contributed by atoms with E-state index in [1.165, 1.54) is 6.20 Å². The minimum Gasteiger partial charge on any atom is -0.436 e. The number of nitrogens with one attached hydrogen (secondary N) is 1. The number of carbonyl (C=O) groups is 1. The Morgan fingerprint density at radius 1 is 1.39 bits per heavy atom. The van der Waals surface area contributed by atoms with Gasteiger partial charge in [0.05, 0.1) is 17.6 Å². The standard InChI is InChI=1S/C12H14N4O2/c1-6-4-10(14-5-9(6)13)16-12(17)11-7(2)15-8(3)18-11/h4-5H,13H2,1-3H3,(H,14,16,17). The smallest absolute Gasteiger partial charge is 0.294 e. The van der Waals surface area contributed by atoms with Crippen molar-refractivity contribution < 1.29 is 9.21 Å². The number of anilines is 2. The molecule has 3 N–H and O–H groups in total. The van der Waals surface area contributed by atoms with Crippen molar-refractivity contribution in [2.24, 2.45) is 0 Å². The zero-order valence-corrected chi connectivity index (χ0v) is 10.4. The molecule has 0 radical (unpaired) electrons. The molecule has 2 heterocycles. The average Bonchev–Trinajstić information content (AvgIpc) is 2.63. The first kappa shape index (κ1) is 12.1. The molecule has 0 atom stereocenters.